The number of rotatable bonds is 3. The molecule has 1 saturated heterocycles. The van der Waals surface area contributed by atoms with Crippen LogP contribution in [0.25, 0.3) is 5.69 Å². The van der Waals surface area contributed by atoms with Crippen LogP contribution in [0.2, 0.25) is 5.02 Å². The van der Waals surface area contributed by atoms with E-state index in [0.29, 0.717) is 31.2 Å². The van der Waals surface area contributed by atoms with Crippen LogP contribution < -0.4 is 4.90 Å². The number of carbonyl (C=O) groups is 2. The molecule has 0 saturated carbocycles. The molecule has 1 fully saturated rings. The van der Waals surface area contributed by atoms with Gasteiger partial charge in [-0.05, 0) is 25.1 Å². The first-order valence-corrected chi connectivity index (χ1v) is 8.48. The van der Waals surface area contributed by atoms with Crippen LogP contribution in [0.1, 0.15) is 6.92 Å². The summed E-state index contributed by atoms with van der Waals surface area (Å²) in [5.74, 6) is -0.596. The minimum atomic E-state index is -0.795. The molecule has 0 bridgehead atoms. The zero-order valence-corrected chi connectivity index (χ0v) is 14.6. The summed E-state index contributed by atoms with van der Waals surface area (Å²) in [7, 11) is 0. The number of halogens is 1. The summed E-state index contributed by atoms with van der Waals surface area (Å²) in [5, 5.41) is 0.655. The lowest BCUT2D eigenvalue weighted by atomic mass is 10.3. The average Bonchev–Trinajstić information content (AvgIpc) is 3.11. The molecule has 2 aromatic rings. The van der Waals surface area contributed by atoms with Gasteiger partial charge in [-0.2, -0.15) is 0 Å². The maximum atomic E-state index is 12.0. The van der Waals surface area contributed by atoms with Crippen molar-refractivity contribution in [2.75, 3.05) is 37.7 Å². The van der Waals surface area contributed by atoms with E-state index in [4.69, 9.17) is 16.3 Å². The third-order valence-corrected chi connectivity index (χ3v) is 4.24. The SMILES string of the molecule is CCOC(=O)C(=O)N1CCN(c2nccn2-c2cccc(Cl)c2)CC1. The molecule has 1 aliphatic heterocycles. The molecule has 0 spiro atoms. The number of hydrogen-bond donors (Lipinski definition) is 0. The molecule has 8 heteroatoms. The first-order chi connectivity index (χ1) is 12.1. The molecule has 1 aromatic carbocycles. The van der Waals surface area contributed by atoms with Gasteiger partial charge in [0, 0.05) is 49.3 Å². The Bertz CT molecular complexity index is 769. The van der Waals surface area contributed by atoms with Gasteiger partial charge in [0.15, 0.2) is 0 Å². The molecule has 2 heterocycles. The van der Waals surface area contributed by atoms with Crippen LogP contribution in [0.5, 0.6) is 0 Å². The second-order valence-corrected chi connectivity index (χ2v) is 6.01. The summed E-state index contributed by atoms with van der Waals surface area (Å²) in [6.07, 6.45) is 3.60. The van der Waals surface area contributed by atoms with Crippen molar-refractivity contribution in [2.24, 2.45) is 0 Å². The number of hydrogen-bond acceptors (Lipinski definition) is 5. The molecule has 0 radical (unpaired) electrons. The highest BCUT2D eigenvalue weighted by Crippen LogP contribution is 2.22. The standard InChI is InChI=1S/C17H19ClN4O3/c1-2-25-16(24)15(23)20-8-10-21(11-9-20)17-19-6-7-22(17)14-5-3-4-13(18)12-14/h3-7,12H,2,8-11H2,1H3. The lowest BCUT2D eigenvalue weighted by Gasteiger charge is -2.34. The first kappa shape index (κ1) is 17.3. The van der Waals surface area contributed by atoms with Crippen molar-refractivity contribution in [3.05, 3.63) is 41.7 Å². The van der Waals surface area contributed by atoms with Crippen molar-refractivity contribution in [3.63, 3.8) is 0 Å². The lowest BCUT2D eigenvalue weighted by molar-refractivity contribution is -0.160. The lowest BCUT2D eigenvalue weighted by Crippen LogP contribution is -2.51. The Balaban J connectivity index is 1.69. The Morgan fingerprint density at radius 2 is 2.00 bits per heavy atom. The second-order valence-electron chi connectivity index (χ2n) is 5.58. The number of aromatic nitrogens is 2. The van der Waals surface area contributed by atoms with Crippen molar-refractivity contribution >= 4 is 29.4 Å². The van der Waals surface area contributed by atoms with Crippen molar-refractivity contribution in [2.45, 2.75) is 6.92 Å². The maximum absolute atomic E-state index is 12.0. The Kier molecular flexibility index (Phi) is 5.23. The minimum absolute atomic E-state index is 0.196. The van der Waals surface area contributed by atoms with Gasteiger partial charge in [-0.25, -0.2) is 9.78 Å². The largest absolute Gasteiger partial charge is 0.459 e. The van der Waals surface area contributed by atoms with Gasteiger partial charge in [0.05, 0.1) is 6.61 Å². The highest BCUT2D eigenvalue weighted by molar-refractivity contribution is 6.32. The van der Waals surface area contributed by atoms with Crippen molar-refractivity contribution in [3.8, 4) is 5.69 Å². The summed E-state index contributed by atoms with van der Waals surface area (Å²) < 4.78 is 6.72. The summed E-state index contributed by atoms with van der Waals surface area (Å²) in [6.45, 7) is 3.94. The second kappa shape index (κ2) is 7.57. The van der Waals surface area contributed by atoms with Gasteiger partial charge in [-0.3, -0.25) is 9.36 Å². The van der Waals surface area contributed by atoms with Crippen molar-refractivity contribution in [1.82, 2.24) is 14.5 Å². The number of ether oxygens (including phenoxy) is 1. The van der Waals surface area contributed by atoms with Gasteiger partial charge in [0.25, 0.3) is 0 Å². The van der Waals surface area contributed by atoms with Gasteiger partial charge in [0.2, 0.25) is 5.95 Å². The van der Waals surface area contributed by atoms with Gasteiger partial charge in [0.1, 0.15) is 0 Å². The van der Waals surface area contributed by atoms with E-state index in [9.17, 15) is 9.59 Å². The molecule has 132 valence electrons. The Labute approximate surface area is 150 Å². The van der Waals surface area contributed by atoms with Crippen LogP contribution in [-0.4, -0.2) is 59.1 Å². The number of esters is 1. The van der Waals surface area contributed by atoms with Gasteiger partial charge < -0.3 is 14.5 Å². The van der Waals surface area contributed by atoms with E-state index < -0.39 is 11.9 Å². The highest BCUT2D eigenvalue weighted by atomic mass is 35.5. The van der Waals surface area contributed by atoms with Crippen LogP contribution >= 0.6 is 11.6 Å². The molecule has 1 amide bonds. The number of carbonyl (C=O) groups excluding carboxylic acids is 2. The number of amides is 1. The molecular weight excluding hydrogens is 344 g/mol. The van der Waals surface area contributed by atoms with Crippen molar-refractivity contribution < 1.29 is 14.3 Å². The minimum Gasteiger partial charge on any atom is -0.459 e. The molecule has 1 aliphatic rings. The van der Waals surface area contributed by atoms with E-state index in [1.54, 1.807) is 13.1 Å². The third kappa shape index (κ3) is 3.76. The molecule has 25 heavy (non-hydrogen) atoms. The van der Waals surface area contributed by atoms with Crippen LogP contribution in [0.4, 0.5) is 5.95 Å². The number of imidazole rings is 1. The fourth-order valence-electron chi connectivity index (χ4n) is 2.79. The fraction of sp³-hybridized carbons (Fsp3) is 0.353. The van der Waals surface area contributed by atoms with E-state index >= 15 is 0 Å². The summed E-state index contributed by atoms with van der Waals surface area (Å²) >= 11 is 6.07. The van der Waals surface area contributed by atoms with Crippen LogP contribution in [-0.2, 0) is 14.3 Å². The monoisotopic (exact) mass is 362 g/mol. The van der Waals surface area contributed by atoms with E-state index in [1.165, 1.54) is 4.90 Å². The summed E-state index contributed by atoms with van der Waals surface area (Å²) in [4.78, 5) is 31.6. The number of anilines is 1. The maximum Gasteiger partial charge on any atom is 0.397 e. The number of benzene rings is 1. The predicted octanol–water partition coefficient (Wildman–Crippen LogP) is 1.74. The first-order valence-electron chi connectivity index (χ1n) is 8.10. The Morgan fingerprint density at radius 1 is 1.24 bits per heavy atom. The molecule has 0 aliphatic carbocycles. The number of nitrogens with zero attached hydrogens (tertiary/aromatic N) is 4. The van der Waals surface area contributed by atoms with E-state index in [-0.39, 0.29) is 6.61 Å². The molecule has 0 N–H and O–H groups in total. The molecule has 1 aromatic heterocycles. The van der Waals surface area contributed by atoms with E-state index in [2.05, 4.69) is 9.88 Å². The smallest absolute Gasteiger partial charge is 0.397 e. The molecular formula is C17H19ClN4O3. The van der Waals surface area contributed by atoms with Gasteiger partial charge in [-0.1, -0.05) is 17.7 Å². The summed E-state index contributed by atoms with van der Waals surface area (Å²) in [5.41, 5.74) is 0.921. The van der Waals surface area contributed by atoms with Gasteiger partial charge in [-0.15, -0.1) is 0 Å². The van der Waals surface area contributed by atoms with Crippen LogP contribution in [0.3, 0.4) is 0 Å². The zero-order chi connectivity index (χ0) is 17.8. The van der Waals surface area contributed by atoms with E-state index in [0.717, 1.165) is 11.6 Å². The van der Waals surface area contributed by atoms with Crippen molar-refractivity contribution in [1.29, 1.82) is 0 Å². The van der Waals surface area contributed by atoms with E-state index in [1.807, 2.05) is 35.0 Å². The molecule has 3 rings (SSSR count). The number of piperazine rings is 1. The molecule has 0 unspecified atom stereocenters. The third-order valence-electron chi connectivity index (χ3n) is 4.01. The Hall–Kier alpha value is -2.54. The zero-order valence-electron chi connectivity index (χ0n) is 13.9. The van der Waals surface area contributed by atoms with Crippen LogP contribution in [0.15, 0.2) is 36.7 Å². The topological polar surface area (TPSA) is 67.7 Å². The average molecular weight is 363 g/mol. The van der Waals surface area contributed by atoms with Gasteiger partial charge >= 0.3 is 11.9 Å². The molecule has 7 nitrogen and oxygen atoms in total. The quantitative estimate of drug-likeness (QED) is 0.614. The normalized spacial score (nSPS) is 14.5. The summed E-state index contributed by atoms with van der Waals surface area (Å²) in [6, 6.07) is 7.53. The fourth-order valence-corrected chi connectivity index (χ4v) is 2.97. The predicted molar refractivity (Wildman–Crippen MR) is 94.0 cm³/mol. The molecule has 0 atom stereocenters. The highest BCUT2D eigenvalue weighted by Gasteiger charge is 2.28. The Morgan fingerprint density at radius 3 is 2.68 bits per heavy atom. The van der Waals surface area contributed by atoms with Crippen LogP contribution in [0, 0.1) is 0 Å².